The van der Waals surface area contributed by atoms with E-state index in [0.717, 1.165) is 26.2 Å². The molecule has 0 bridgehead atoms. The van der Waals surface area contributed by atoms with Crippen LogP contribution in [-0.2, 0) is 11.3 Å². The molecule has 0 amide bonds. The normalized spacial score (nSPS) is 15.2. The molecule has 7 nitrogen and oxygen atoms in total. The van der Waals surface area contributed by atoms with E-state index in [-0.39, 0.29) is 18.5 Å². The van der Waals surface area contributed by atoms with Gasteiger partial charge in [0.05, 0.1) is 17.3 Å². The van der Waals surface area contributed by atoms with Crippen molar-refractivity contribution in [3.8, 4) is 0 Å². The third-order valence-electron chi connectivity index (χ3n) is 3.79. The monoisotopic (exact) mass is 302 g/mol. The molecular formula is C15H18N4O3. The average molecular weight is 302 g/mol. The summed E-state index contributed by atoms with van der Waals surface area (Å²) in [6, 6.07) is 7.17. The highest BCUT2D eigenvalue weighted by atomic mass is 16.4. The second-order valence-corrected chi connectivity index (χ2v) is 5.27. The van der Waals surface area contributed by atoms with E-state index in [4.69, 9.17) is 5.11 Å². The van der Waals surface area contributed by atoms with Gasteiger partial charge in [-0.25, -0.2) is 4.98 Å². The van der Waals surface area contributed by atoms with Gasteiger partial charge in [-0.05, 0) is 12.1 Å². The van der Waals surface area contributed by atoms with Crippen molar-refractivity contribution in [2.45, 2.75) is 13.0 Å². The molecule has 1 aromatic carbocycles. The van der Waals surface area contributed by atoms with Crippen molar-refractivity contribution in [2.75, 3.05) is 31.1 Å². The number of hydrogen-bond acceptors (Lipinski definition) is 5. The van der Waals surface area contributed by atoms with Crippen molar-refractivity contribution in [1.82, 2.24) is 14.9 Å². The molecule has 0 aliphatic carbocycles. The first-order valence-corrected chi connectivity index (χ1v) is 7.34. The zero-order valence-corrected chi connectivity index (χ0v) is 12.2. The Bertz CT molecular complexity index is 750. The molecule has 2 heterocycles. The Morgan fingerprint density at radius 2 is 2.00 bits per heavy atom. The topological polar surface area (TPSA) is 87.5 Å². The van der Waals surface area contributed by atoms with Gasteiger partial charge in [0.1, 0.15) is 0 Å². The summed E-state index contributed by atoms with van der Waals surface area (Å²) in [6.07, 6.45) is -0.0982. The highest BCUT2D eigenvalue weighted by Crippen LogP contribution is 2.16. The number of carboxylic acids is 1. The highest BCUT2D eigenvalue weighted by Gasteiger charge is 2.19. The first-order chi connectivity index (χ1) is 10.7. The van der Waals surface area contributed by atoms with E-state index in [1.165, 1.54) is 4.57 Å². The lowest BCUT2D eigenvalue weighted by Gasteiger charge is -2.30. The Hall–Kier alpha value is -2.41. The summed E-state index contributed by atoms with van der Waals surface area (Å²) in [6.45, 7) is 3.27. The number of carbonyl (C=O) groups is 1. The fourth-order valence-corrected chi connectivity index (χ4v) is 2.67. The summed E-state index contributed by atoms with van der Waals surface area (Å²) < 4.78 is 1.49. The second-order valence-electron chi connectivity index (χ2n) is 5.27. The molecule has 3 rings (SSSR count). The minimum Gasteiger partial charge on any atom is -0.481 e. The molecule has 22 heavy (non-hydrogen) atoms. The lowest BCUT2D eigenvalue weighted by molar-refractivity contribution is -0.137. The van der Waals surface area contributed by atoms with Crippen LogP contribution in [0.1, 0.15) is 6.42 Å². The number of benzene rings is 1. The van der Waals surface area contributed by atoms with E-state index >= 15 is 0 Å². The molecule has 2 aromatic rings. The Balaban J connectivity index is 2.11. The number of nitrogens with one attached hydrogen (secondary N) is 1. The number of aliphatic carboxylic acids is 1. The first kappa shape index (κ1) is 14.5. The second kappa shape index (κ2) is 6.15. The zero-order valence-electron chi connectivity index (χ0n) is 12.2. The van der Waals surface area contributed by atoms with E-state index in [9.17, 15) is 9.59 Å². The van der Waals surface area contributed by atoms with Gasteiger partial charge in [-0.15, -0.1) is 0 Å². The van der Waals surface area contributed by atoms with Gasteiger partial charge in [-0.2, -0.15) is 0 Å². The molecule has 0 atom stereocenters. The van der Waals surface area contributed by atoms with Crippen LogP contribution in [0.2, 0.25) is 0 Å². The van der Waals surface area contributed by atoms with Gasteiger partial charge in [-0.3, -0.25) is 14.2 Å². The fraction of sp³-hybridized carbons (Fsp3) is 0.400. The summed E-state index contributed by atoms with van der Waals surface area (Å²) in [5, 5.41) is 12.7. The lowest BCUT2D eigenvalue weighted by atomic mass is 10.2. The van der Waals surface area contributed by atoms with Crippen molar-refractivity contribution in [3.63, 3.8) is 0 Å². The number of anilines is 1. The van der Waals surface area contributed by atoms with Gasteiger partial charge in [0.15, 0.2) is 0 Å². The summed E-state index contributed by atoms with van der Waals surface area (Å²) in [5.74, 6) is -0.363. The minimum atomic E-state index is -0.925. The van der Waals surface area contributed by atoms with E-state index < -0.39 is 5.97 Å². The molecule has 1 saturated heterocycles. The molecule has 1 fully saturated rings. The number of hydrogen-bond donors (Lipinski definition) is 2. The number of carboxylic acid groups (broad SMARTS) is 1. The lowest BCUT2D eigenvalue weighted by Crippen LogP contribution is -2.46. The van der Waals surface area contributed by atoms with Crippen LogP contribution in [-0.4, -0.2) is 46.8 Å². The Kier molecular flexibility index (Phi) is 4.06. The molecule has 1 aromatic heterocycles. The molecule has 2 N–H and O–H groups in total. The summed E-state index contributed by atoms with van der Waals surface area (Å²) in [7, 11) is 0. The van der Waals surface area contributed by atoms with Gasteiger partial charge in [0, 0.05) is 32.7 Å². The summed E-state index contributed by atoms with van der Waals surface area (Å²) in [4.78, 5) is 30.2. The number of aromatic nitrogens is 2. The Morgan fingerprint density at radius 3 is 2.73 bits per heavy atom. The number of piperazine rings is 1. The molecule has 0 unspecified atom stereocenters. The predicted molar refractivity (Wildman–Crippen MR) is 83.3 cm³/mol. The molecule has 1 aliphatic heterocycles. The van der Waals surface area contributed by atoms with Crippen LogP contribution >= 0.6 is 0 Å². The van der Waals surface area contributed by atoms with Gasteiger partial charge >= 0.3 is 5.97 Å². The van der Waals surface area contributed by atoms with E-state index in [1.54, 1.807) is 12.1 Å². The van der Waals surface area contributed by atoms with Gasteiger partial charge in [0.2, 0.25) is 5.95 Å². The van der Waals surface area contributed by atoms with Crippen molar-refractivity contribution < 1.29 is 9.90 Å². The predicted octanol–water partition coefficient (Wildman–Crippen LogP) is 0.281. The average Bonchev–Trinajstić information content (AvgIpc) is 2.54. The van der Waals surface area contributed by atoms with Crippen LogP contribution < -0.4 is 15.8 Å². The van der Waals surface area contributed by atoms with Crippen molar-refractivity contribution >= 4 is 22.8 Å². The van der Waals surface area contributed by atoms with Gasteiger partial charge in [0.25, 0.3) is 5.56 Å². The molecule has 1 aliphatic rings. The van der Waals surface area contributed by atoms with Gasteiger partial charge < -0.3 is 15.3 Å². The Labute approximate surface area is 127 Å². The fourth-order valence-electron chi connectivity index (χ4n) is 2.67. The molecule has 0 saturated carbocycles. The molecule has 7 heteroatoms. The Morgan fingerprint density at radius 1 is 1.27 bits per heavy atom. The van der Waals surface area contributed by atoms with E-state index in [0.29, 0.717) is 16.9 Å². The third kappa shape index (κ3) is 2.80. The van der Waals surface area contributed by atoms with Crippen LogP contribution in [0.25, 0.3) is 10.9 Å². The maximum absolute atomic E-state index is 12.7. The number of nitrogens with zero attached hydrogens (tertiary/aromatic N) is 3. The summed E-state index contributed by atoms with van der Waals surface area (Å²) >= 11 is 0. The zero-order chi connectivity index (χ0) is 15.5. The molecule has 0 radical (unpaired) electrons. The van der Waals surface area contributed by atoms with E-state index in [1.807, 2.05) is 17.0 Å². The molecular weight excluding hydrogens is 284 g/mol. The molecule has 0 spiro atoms. The van der Waals surface area contributed by atoms with Crippen molar-refractivity contribution in [3.05, 3.63) is 34.6 Å². The standard InChI is InChI=1S/C15H18N4O3/c20-13(21)5-8-19-14(22)11-3-1-2-4-12(11)17-15(19)18-9-6-16-7-10-18/h1-4,16H,5-10H2,(H,20,21). The number of rotatable bonds is 4. The number of para-hydroxylation sites is 1. The highest BCUT2D eigenvalue weighted by molar-refractivity contribution is 5.78. The SMILES string of the molecule is O=C(O)CCn1c(N2CCNCC2)nc2ccccc2c1=O. The maximum atomic E-state index is 12.7. The quantitative estimate of drug-likeness (QED) is 0.843. The van der Waals surface area contributed by atoms with Crippen LogP contribution in [0.5, 0.6) is 0 Å². The maximum Gasteiger partial charge on any atom is 0.305 e. The van der Waals surface area contributed by atoms with Crippen LogP contribution in [0.4, 0.5) is 5.95 Å². The first-order valence-electron chi connectivity index (χ1n) is 7.34. The van der Waals surface area contributed by atoms with E-state index in [2.05, 4.69) is 10.3 Å². The van der Waals surface area contributed by atoms with Crippen molar-refractivity contribution in [2.24, 2.45) is 0 Å². The number of fused-ring (bicyclic) bond motifs is 1. The molecule has 116 valence electrons. The largest absolute Gasteiger partial charge is 0.481 e. The van der Waals surface area contributed by atoms with Crippen molar-refractivity contribution in [1.29, 1.82) is 0 Å². The smallest absolute Gasteiger partial charge is 0.305 e. The van der Waals surface area contributed by atoms with Crippen LogP contribution in [0.15, 0.2) is 29.1 Å². The van der Waals surface area contributed by atoms with Crippen LogP contribution in [0, 0.1) is 0 Å². The minimum absolute atomic E-state index is 0.0982. The summed E-state index contributed by atoms with van der Waals surface area (Å²) in [5.41, 5.74) is 0.466. The van der Waals surface area contributed by atoms with Gasteiger partial charge in [-0.1, -0.05) is 12.1 Å². The third-order valence-corrected chi connectivity index (χ3v) is 3.79. The van der Waals surface area contributed by atoms with Crippen LogP contribution in [0.3, 0.4) is 0 Å².